The fourth-order valence-electron chi connectivity index (χ4n) is 1.34. The molecule has 0 fully saturated rings. The Kier molecular flexibility index (Phi) is 24.4. The molecule has 0 radical (unpaired) electrons. The maximum Gasteiger partial charge on any atom is 0.120 e. The molecule has 1 rings (SSSR count). The van der Waals surface area contributed by atoms with Gasteiger partial charge in [0.15, 0.2) is 0 Å². The summed E-state index contributed by atoms with van der Waals surface area (Å²) >= 11 is 0. The predicted octanol–water partition coefficient (Wildman–Crippen LogP) is 5.44. The van der Waals surface area contributed by atoms with Crippen molar-refractivity contribution in [3.05, 3.63) is 29.8 Å². The molecule has 0 amide bonds. The molecule has 0 saturated carbocycles. The van der Waals surface area contributed by atoms with Crippen LogP contribution >= 0.6 is 0 Å². The van der Waals surface area contributed by atoms with Gasteiger partial charge < -0.3 is 10.5 Å². The highest BCUT2D eigenvalue weighted by molar-refractivity contribution is 5.28. The Bertz CT molecular complexity index is 274. The van der Waals surface area contributed by atoms with Crippen LogP contribution in [0, 0.1) is 0 Å². The smallest absolute Gasteiger partial charge is 0.120 e. The SMILES string of the molecule is CC.CC.CC.CCCc1cccc(OC(C)CN)c1. The minimum absolute atomic E-state index is 0.0897. The van der Waals surface area contributed by atoms with Gasteiger partial charge in [0, 0.05) is 6.54 Å². The zero-order valence-corrected chi connectivity index (χ0v) is 15.0. The van der Waals surface area contributed by atoms with E-state index in [-0.39, 0.29) is 6.10 Å². The van der Waals surface area contributed by atoms with Crippen LogP contribution in [0.15, 0.2) is 24.3 Å². The fraction of sp³-hybridized carbons (Fsp3) is 0.667. The highest BCUT2D eigenvalue weighted by Gasteiger charge is 2.01. The Balaban J connectivity index is -0.000000425. The molecule has 0 heterocycles. The maximum atomic E-state index is 5.63. The summed E-state index contributed by atoms with van der Waals surface area (Å²) in [6, 6.07) is 8.23. The molecule has 1 aromatic carbocycles. The first-order valence-electron chi connectivity index (χ1n) is 8.22. The van der Waals surface area contributed by atoms with E-state index in [0.29, 0.717) is 6.54 Å². The first kappa shape index (κ1) is 24.0. The lowest BCUT2D eigenvalue weighted by atomic mass is 10.1. The van der Waals surface area contributed by atoms with E-state index in [0.717, 1.165) is 18.6 Å². The molecule has 1 atom stereocenters. The molecule has 0 aromatic heterocycles. The Morgan fingerprint density at radius 1 is 1.05 bits per heavy atom. The second-order valence-corrected chi connectivity index (χ2v) is 3.56. The third-order valence-electron chi connectivity index (χ3n) is 2.11. The van der Waals surface area contributed by atoms with E-state index in [9.17, 15) is 0 Å². The number of hydrogen-bond donors (Lipinski definition) is 1. The van der Waals surface area contributed by atoms with Gasteiger partial charge in [0.1, 0.15) is 11.9 Å². The third-order valence-corrected chi connectivity index (χ3v) is 2.11. The average Bonchev–Trinajstić information content (AvgIpc) is 2.54. The van der Waals surface area contributed by atoms with Crippen molar-refractivity contribution < 1.29 is 4.74 Å². The molecule has 0 spiro atoms. The second-order valence-electron chi connectivity index (χ2n) is 3.56. The van der Waals surface area contributed by atoms with E-state index in [1.165, 1.54) is 5.56 Å². The van der Waals surface area contributed by atoms with Gasteiger partial charge in [0.2, 0.25) is 0 Å². The molecule has 0 saturated heterocycles. The lowest BCUT2D eigenvalue weighted by Crippen LogP contribution is -2.22. The van der Waals surface area contributed by atoms with Crippen molar-refractivity contribution in [1.82, 2.24) is 0 Å². The van der Waals surface area contributed by atoms with E-state index < -0.39 is 0 Å². The van der Waals surface area contributed by atoms with Gasteiger partial charge in [-0.15, -0.1) is 0 Å². The van der Waals surface area contributed by atoms with Crippen LogP contribution < -0.4 is 10.5 Å². The molecule has 2 nitrogen and oxygen atoms in total. The summed E-state index contributed by atoms with van der Waals surface area (Å²) in [6.45, 7) is 16.7. The third kappa shape index (κ3) is 13.4. The van der Waals surface area contributed by atoms with Crippen molar-refractivity contribution in [3.63, 3.8) is 0 Å². The molecule has 0 aliphatic heterocycles. The topological polar surface area (TPSA) is 35.2 Å². The molecule has 2 heteroatoms. The van der Waals surface area contributed by atoms with E-state index in [4.69, 9.17) is 10.5 Å². The molecular weight excluding hydrogens is 246 g/mol. The monoisotopic (exact) mass is 283 g/mol. The summed E-state index contributed by atoms with van der Waals surface area (Å²) in [5, 5.41) is 0. The summed E-state index contributed by atoms with van der Waals surface area (Å²) in [7, 11) is 0. The van der Waals surface area contributed by atoms with E-state index >= 15 is 0 Å². The molecule has 0 aliphatic carbocycles. The molecule has 0 bridgehead atoms. The van der Waals surface area contributed by atoms with Gasteiger partial charge in [-0.05, 0) is 31.0 Å². The molecule has 20 heavy (non-hydrogen) atoms. The standard InChI is InChI=1S/C12H19NO.3C2H6/c1-3-5-11-6-4-7-12(8-11)14-10(2)9-13;3*1-2/h4,6-8,10H,3,5,9,13H2,1-2H3;3*1-2H3. The van der Waals surface area contributed by atoms with Gasteiger partial charge in [0.25, 0.3) is 0 Å². The van der Waals surface area contributed by atoms with Gasteiger partial charge in [-0.25, -0.2) is 0 Å². The summed E-state index contributed by atoms with van der Waals surface area (Å²) in [4.78, 5) is 0. The quantitative estimate of drug-likeness (QED) is 0.780. The van der Waals surface area contributed by atoms with Crippen LogP contribution in [0.2, 0.25) is 0 Å². The van der Waals surface area contributed by atoms with Gasteiger partial charge in [-0.1, -0.05) is 67.0 Å². The Morgan fingerprint density at radius 3 is 2.05 bits per heavy atom. The zero-order chi connectivity index (χ0) is 16.4. The summed E-state index contributed by atoms with van der Waals surface area (Å²) in [5.74, 6) is 0.925. The van der Waals surface area contributed by atoms with Crippen molar-refractivity contribution in [2.45, 2.75) is 74.3 Å². The second kappa shape index (κ2) is 20.3. The van der Waals surface area contributed by atoms with Gasteiger partial charge in [-0.3, -0.25) is 0 Å². The largest absolute Gasteiger partial charge is 0.489 e. The summed E-state index contributed by atoms with van der Waals surface area (Å²) in [5.41, 5.74) is 6.82. The van der Waals surface area contributed by atoms with Gasteiger partial charge in [-0.2, -0.15) is 0 Å². The van der Waals surface area contributed by atoms with Crippen LogP contribution in [0.3, 0.4) is 0 Å². The van der Waals surface area contributed by atoms with Crippen LogP contribution in [0.4, 0.5) is 0 Å². The van der Waals surface area contributed by atoms with Crippen LogP contribution in [0.5, 0.6) is 5.75 Å². The predicted molar refractivity (Wildman–Crippen MR) is 93.6 cm³/mol. The van der Waals surface area contributed by atoms with Crippen molar-refractivity contribution in [1.29, 1.82) is 0 Å². The van der Waals surface area contributed by atoms with Crippen molar-refractivity contribution in [2.24, 2.45) is 5.73 Å². The fourth-order valence-corrected chi connectivity index (χ4v) is 1.34. The molecule has 120 valence electrons. The molecule has 2 N–H and O–H groups in total. The Labute approximate surface area is 127 Å². The molecule has 1 unspecified atom stereocenters. The van der Waals surface area contributed by atoms with Crippen LogP contribution in [0.25, 0.3) is 0 Å². The van der Waals surface area contributed by atoms with Crippen molar-refractivity contribution in [3.8, 4) is 5.75 Å². The number of rotatable bonds is 5. The van der Waals surface area contributed by atoms with Crippen LogP contribution in [0.1, 0.15) is 67.4 Å². The Morgan fingerprint density at radius 2 is 1.60 bits per heavy atom. The van der Waals surface area contributed by atoms with Gasteiger partial charge >= 0.3 is 0 Å². The van der Waals surface area contributed by atoms with Crippen molar-refractivity contribution >= 4 is 0 Å². The van der Waals surface area contributed by atoms with Crippen LogP contribution in [-0.4, -0.2) is 12.6 Å². The number of benzene rings is 1. The normalized spacial score (nSPS) is 9.65. The average molecular weight is 284 g/mol. The lowest BCUT2D eigenvalue weighted by molar-refractivity contribution is 0.229. The minimum Gasteiger partial charge on any atom is -0.489 e. The first-order chi connectivity index (χ1) is 9.76. The van der Waals surface area contributed by atoms with Crippen LogP contribution in [-0.2, 0) is 6.42 Å². The molecule has 0 aliphatic rings. The van der Waals surface area contributed by atoms with E-state index in [2.05, 4.69) is 19.1 Å². The van der Waals surface area contributed by atoms with E-state index in [1.807, 2.05) is 60.6 Å². The Hall–Kier alpha value is -1.02. The highest BCUT2D eigenvalue weighted by atomic mass is 16.5. The highest BCUT2D eigenvalue weighted by Crippen LogP contribution is 2.15. The van der Waals surface area contributed by atoms with Crippen molar-refractivity contribution in [2.75, 3.05) is 6.54 Å². The van der Waals surface area contributed by atoms with E-state index in [1.54, 1.807) is 0 Å². The maximum absolute atomic E-state index is 5.63. The molecule has 1 aromatic rings. The lowest BCUT2D eigenvalue weighted by Gasteiger charge is -2.13. The number of ether oxygens (including phenoxy) is 1. The first-order valence-corrected chi connectivity index (χ1v) is 8.22. The number of hydrogen-bond acceptors (Lipinski definition) is 2. The number of nitrogens with two attached hydrogens (primary N) is 1. The summed E-state index contributed by atoms with van der Waals surface area (Å²) < 4.78 is 5.63. The van der Waals surface area contributed by atoms with Gasteiger partial charge in [0.05, 0.1) is 0 Å². The summed E-state index contributed by atoms with van der Waals surface area (Å²) in [6.07, 6.45) is 2.36. The number of aryl methyl sites for hydroxylation is 1. The molecular formula is C18H37NO. The zero-order valence-electron chi connectivity index (χ0n) is 15.0. The minimum atomic E-state index is 0.0897.